The van der Waals surface area contributed by atoms with E-state index in [1.54, 1.807) is 7.11 Å². The molecule has 1 N–H and O–H groups in total. The largest absolute Gasteiger partial charge is 0.416 e. The Morgan fingerprint density at radius 1 is 1.15 bits per heavy atom. The molecule has 20 heavy (non-hydrogen) atoms. The van der Waals surface area contributed by atoms with Crippen molar-refractivity contribution in [2.24, 2.45) is 0 Å². The number of rotatable bonds is 8. The Labute approximate surface area is 121 Å². The molecule has 0 aliphatic rings. The first-order chi connectivity index (χ1) is 9.43. The second-order valence-electron chi connectivity index (χ2n) is 4.11. The third kappa shape index (κ3) is 6.45. The highest BCUT2D eigenvalue weighted by molar-refractivity contribution is 6.30. The molecule has 0 bridgehead atoms. The van der Waals surface area contributed by atoms with E-state index in [4.69, 9.17) is 21.1 Å². The van der Waals surface area contributed by atoms with Gasteiger partial charge in [0.1, 0.15) is 0 Å². The Balaban J connectivity index is 2.39. The van der Waals surface area contributed by atoms with E-state index in [0.29, 0.717) is 32.1 Å². The number of methoxy groups -OCH3 is 1. The summed E-state index contributed by atoms with van der Waals surface area (Å²) >= 11 is 5.67. The minimum absolute atomic E-state index is 0.0448. The molecule has 0 unspecified atom stereocenters. The molecule has 0 saturated carbocycles. The summed E-state index contributed by atoms with van der Waals surface area (Å²) in [5.74, 6) is 0. The summed E-state index contributed by atoms with van der Waals surface area (Å²) in [6, 6.07) is 3.37. The quantitative estimate of drug-likeness (QED) is 0.740. The van der Waals surface area contributed by atoms with Crippen LogP contribution in [0.5, 0.6) is 0 Å². The van der Waals surface area contributed by atoms with Crippen LogP contribution in [0.4, 0.5) is 18.9 Å². The molecule has 7 heteroatoms. The van der Waals surface area contributed by atoms with Gasteiger partial charge in [0, 0.05) is 37.6 Å². The number of anilines is 1. The summed E-state index contributed by atoms with van der Waals surface area (Å²) in [5.41, 5.74) is -0.446. The van der Waals surface area contributed by atoms with Crippen LogP contribution in [-0.2, 0) is 15.7 Å². The predicted octanol–water partition coefficient (Wildman–Crippen LogP) is 3.82. The third-order valence-corrected chi connectivity index (χ3v) is 2.66. The van der Waals surface area contributed by atoms with Gasteiger partial charge in [-0.3, -0.25) is 0 Å². The summed E-state index contributed by atoms with van der Waals surface area (Å²) in [5, 5.41) is 2.89. The second-order valence-corrected chi connectivity index (χ2v) is 4.55. The molecule has 0 aliphatic heterocycles. The number of halogens is 4. The van der Waals surface area contributed by atoms with Crippen molar-refractivity contribution >= 4 is 17.3 Å². The van der Waals surface area contributed by atoms with E-state index >= 15 is 0 Å². The Hall–Kier alpha value is -0.980. The lowest BCUT2D eigenvalue weighted by molar-refractivity contribution is -0.137. The number of hydrogen-bond acceptors (Lipinski definition) is 3. The van der Waals surface area contributed by atoms with Gasteiger partial charge in [0.25, 0.3) is 0 Å². The van der Waals surface area contributed by atoms with Crippen molar-refractivity contribution in [1.82, 2.24) is 0 Å². The van der Waals surface area contributed by atoms with Crippen molar-refractivity contribution in [3.63, 3.8) is 0 Å². The lowest BCUT2D eigenvalue weighted by atomic mass is 10.2. The Morgan fingerprint density at radius 3 is 2.55 bits per heavy atom. The van der Waals surface area contributed by atoms with Crippen LogP contribution in [0.1, 0.15) is 12.0 Å². The Kier molecular flexibility index (Phi) is 7.12. The zero-order chi connectivity index (χ0) is 15.0. The van der Waals surface area contributed by atoms with E-state index in [9.17, 15) is 13.2 Å². The zero-order valence-electron chi connectivity index (χ0n) is 11.1. The van der Waals surface area contributed by atoms with Gasteiger partial charge < -0.3 is 14.8 Å². The van der Waals surface area contributed by atoms with Crippen molar-refractivity contribution in [2.45, 2.75) is 12.6 Å². The summed E-state index contributed by atoms with van der Waals surface area (Å²) in [4.78, 5) is 0. The van der Waals surface area contributed by atoms with E-state index in [1.807, 2.05) is 0 Å². The molecule has 0 saturated heterocycles. The van der Waals surface area contributed by atoms with Crippen molar-refractivity contribution in [2.75, 3.05) is 38.8 Å². The molecule has 1 rings (SSSR count). The van der Waals surface area contributed by atoms with Crippen LogP contribution in [-0.4, -0.2) is 33.5 Å². The fourth-order valence-electron chi connectivity index (χ4n) is 1.53. The van der Waals surface area contributed by atoms with E-state index < -0.39 is 11.7 Å². The number of nitrogens with one attached hydrogen (secondary N) is 1. The molecule has 0 aliphatic carbocycles. The Bertz CT molecular complexity index is 413. The molecule has 0 fully saturated rings. The normalized spacial score (nSPS) is 11.7. The van der Waals surface area contributed by atoms with Crippen molar-refractivity contribution in [3.05, 3.63) is 28.8 Å². The van der Waals surface area contributed by atoms with Gasteiger partial charge in [0.15, 0.2) is 0 Å². The average Bonchev–Trinajstić information content (AvgIpc) is 2.36. The molecule has 1 aromatic carbocycles. The maximum Gasteiger partial charge on any atom is 0.416 e. The highest BCUT2D eigenvalue weighted by atomic mass is 35.5. The van der Waals surface area contributed by atoms with Crippen molar-refractivity contribution in [1.29, 1.82) is 0 Å². The minimum Gasteiger partial charge on any atom is -0.385 e. The SMILES string of the molecule is COCCCOCCNc1cc(Cl)cc(C(F)(F)F)c1. The van der Waals surface area contributed by atoms with Gasteiger partial charge in [-0.1, -0.05) is 11.6 Å². The summed E-state index contributed by atoms with van der Waals surface area (Å²) < 4.78 is 47.9. The molecular formula is C13H17ClF3NO2. The molecule has 0 spiro atoms. The fourth-order valence-corrected chi connectivity index (χ4v) is 1.77. The first-order valence-electron chi connectivity index (χ1n) is 6.12. The van der Waals surface area contributed by atoms with E-state index in [-0.39, 0.29) is 5.02 Å². The van der Waals surface area contributed by atoms with E-state index in [1.165, 1.54) is 6.07 Å². The molecule has 0 radical (unpaired) electrons. The maximum atomic E-state index is 12.6. The standard InChI is InChI=1S/C13H17ClF3NO2/c1-19-4-2-5-20-6-3-18-12-8-10(13(15,16)17)7-11(14)9-12/h7-9,18H,2-6H2,1H3. The molecule has 0 aromatic heterocycles. The smallest absolute Gasteiger partial charge is 0.385 e. The first-order valence-corrected chi connectivity index (χ1v) is 6.49. The van der Waals surface area contributed by atoms with Crippen molar-refractivity contribution < 1.29 is 22.6 Å². The molecular weight excluding hydrogens is 295 g/mol. The summed E-state index contributed by atoms with van der Waals surface area (Å²) in [6.45, 7) is 1.98. The second kappa shape index (κ2) is 8.34. The third-order valence-electron chi connectivity index (χ3n) is 2.44. The number of ether oxygens (including phenoxy) is 2. The van der Waals surface area contributed by atoms with Crippen LogP contribution in [0, 0.1) is 0 Å². The topological polar surface area (TPSA) is 30.5 Å². The zero-order valence-corrected chi connectivity index (χ0v) is 11.9. The first kappa shape index (κ1) is 17.1. The van der Waals surface area contributed by atoms with Gasteiger partial charge in [0.05, 0.1) is 12.2 Å². The minimum atomic E-state index is -4.40. The molecule has 3 nitrogen and oxygen atoms in total. The number of alkyl halides is 3. The molecule has 0 atom stereocenters. The highest BCUT2D eigenvalue weighted by Crippen LogP contribution is 2.33. The molecule has 0 amide bonds. The number of hydrogen-bond donors (Lipinski definition) is 1. The average molecular weight is 312 g/mol. The van der Waals surface area contributed by atoms with Crippen LogP contribution in [0.25, 0.3) is 0 Å². The van der Waals surface area contributed by atoms with E-state index in [0.717, 1.165) is 18.6 Å². The molecule has 114 valence electrons. The van der Waals surface area contributed by atoms with Gasteiger partial charge >= 0.3 is 6.18 Å². The van der Waals surface area contributed by atoms with Crippen LogP contribution < -0.4 is 5.32 Å². The number of benzene rings is 1. The lowest BCUT2D eigenvalue weighted by Gasteiger charge is -2.12. The van der Waals surface area contributed by atoms with E-state index in [2.05, 4.69) is 5.32 Å². The highest BCUT2D eigenvalue weighted by Gasteiger charge is 2.31. The van der Waals surface area contributed by atoms with Gasteiger partial charge in [0.2, 0.25) is 0 Å². The fraction of sp³-hybridized carbons (Fsp3) is 0.538. The Morgan fingerprint density at radius 2 is 1.90 bits per heavy atom. The maximum absolute atomic E-state index is 12.6. The molecule has 1 aromatic rings. The van der Waals surface area contributed by atoms with Gasteiger partial charge in [-0.25, -0.2) is 0 Å². The van der Waals surface area contributed by atoms with Crippen LogP contribution in [0.15, 0.2) is 18.2 Å². The molecule has 0 heterocycles. The van der Waals surface area contributed by atoms with Crippen molar-refractivity contribution in [3.8, 4) is 0 Å². The van der Waals surface area contributed by atoms with Gasteiger partial charge in [-0.2, -0.15) is 13.2 Å². The lowest BCUT2D eigenvalue weighted by Crippen LogP contribution is -2.12. The van der Waals surface area contributed by atoms with Gasteiger partial charge in [-0.15, -0.1) is 0 Å². The van der Waals surface area contributed by atoms with Crippen LogP contribution in [0.2, 0.25) is 5.02 Å². The predicted molar refractivity (Wildman–Crippen MR) is 72.3 cm³/mol. The van der Waals surface area contributed by atoms with Gasteiger partial charge in [-0.05, 0) is 24.6 Å². The summed E-state index contributed by atoms with van der Waals surface area (Å²) in [6.07, 6.45) is -3.62. The summed E-state index contributed by atoms with van der Waals surface area (Å²) in [7, 11) is 1.61. The van der Waals surface area contributed by atoms with Crippen LogP contribution in [0.3, 0.4) is 0 Å². The monoisotopic (exact) mass is 311 g/mol. The van der Waals surface area contributed by atoms with Crippen LogP contribution >= 0.6 is 11.6 Å².